The van der Waals surface area contributed by atoms with Crippen LogP contribution in [0.15, 0.2) is 81.9 Å². The van der Waals surface area contributed by atoms with E-state index in [1.54, 1.807) is 18.1 Å². The van der Waals surface area contributed by atoms with Crippen LogP contribution in [0.5, 0.6) is 17.2 Å². The Kier molecular flexibility index (Phi) is 4.95. The van der Waals surface area contributed by atoms with Crippen molar-refractivity contribution in [2.24, 2.45) is 4.99 Å². The molecule has 1 amide bonds. The fourth-order valence-electron chi connectivity index (χ4n) is 3.47. The minimum absolute atomic E-state index is 0.198. The molecule has 7 heteroatoms. The summed E-state index contributed by atoms with van der Waals surface area (Å²) >= 11 is 3.58. The molecule has 0 spiro atoms. The van der Waals surface area contributed by atoms with Gasteiger partial charge in [-0.25, -0.2) is 4.99 Å². The first-order chi connectivity index (χ1) is 15.1. The number of hydrogen-bond acceptors (Lipinski definition) is 5. The number of hydrogen-bond donors (Lipinski definition) is 0. The Morgan fingerprint density at radius 1 is 1.03 bits per heavy atom. The second-order valence-corrected chi connectivity index (χ2v) is 7.75. The largest absolute Gasteiger partial charge is 0.497 e. The summed E-state index contributed by atoms with van der Waals surface area (Å²) in [6, 6.07) is 20.5. The molecule has 0 aliphatic carbocycles. The summed E-state index contributed by atoms with van der Waals surface area (Å²) in [6.45, 7) is 0.198. The minimum atomic E-state index is -0.214. The first-order valence-electron chi connectivity index (χ1n) is 9.57. The Morgan fingerprint density at radius 2 is 1.81 bits per heavy atom. The maximum absolute atomic E-state index is 13.4. The quantitative estimate of drug-likeness (QED) is 0.496. The molecule has 0 atom stereocenters. The third-order valence-corrected chi connectivity index (χ3v) is 5.70. The maximum Gasteiger partial charge on any atom is 0.282 e. The van der Waals surface area contributed by atoms with Crippen LogP contribution in [0.2, 0.25) is 0 Å². The number of ether oxygens (including phenoxy) is 3. The summed E-state index contributed by atoms with van der Waals surface area (Å²) in [5.41, 5.74) is 2.66. The van der Waals surface area contributed by atoms with Gasteiger partial charge in [-0.2, -0.15) is 0 Å². The molecule has 0 N–H and O–H groups in total. The molecule has 2 heterocycles. The number of carbonyl (C=O) groups excluding carboxylic acids is 1. The second-order valence-electron chi connectivity index (χ2n) is 6.90. The van der Waals surface area contributed by atoms with E-state index < -0.39 is 0 Å². The van der Waals surface area contributed by atoms with Crippen molar-refractivity contribution in [2.75, 3.05) is 18.8 Å². The first-order valence-corrected chi connectivity index (χ1v) is 10.4. The van der Waals surface area contributed by atoms with Crippen LogP contribution in [0.1, 0.15) is 11.1 Å². The van der Waals surface area contributed by atoms with Crippen molar-refractivity contribution in [3.8, 4) is 17.2 Å². The van der Waals surface area contributed by atoms with Gasteiger partial charge < -0.3 is 14.2 Å². The summed E-state index contributed by atoms with van der Waals surface area (Å²) in [7, 11) is 1.61. The van der Waals surface area contributed by atoms with Gasteiger partial charge in [0, 0.05) is 10.0 Å². The molecule has 154 valence electrons. The standard InChI is InChI=1S/C24H17BrN2O4/c1-29-17-9-7-16(8-10-17)27-23(18-4-2-3-5-19(18)25)26-20(24(27)28)12-15-6-11-21-22(13-15)31-14-30-21/h2-13H,14H2,1H3/b20-12+. The molecule has 0 aromatic heterocycles. The van der Waals surface area contributed by atoms with Crippen LogP contribution < -0.4 is 19.1 Å². The molecule has 2 aliphatic heterocycles. The van der Waals surface area contributed by atoms with E-state index in [2.05, 4.69) is 15.9 Å². The van der Waals surface area contributed by atoms with Crippen molar-refractivity contribution in [3.05, 3.63) is 88.0 Å². The van der Waals surface area contributed by atoms with Gasteiger partial charge in [-0.15, -0.1) is 0 Å². The number of methoxy groups -OCH3 is 1. The van der Waals surface area contributed by atoms with Crippen molar-refractivity contribution < 1.29 is 19.0 Å². The molecule has 0 saturated carbocycles. The van der Waals surface area contributed by atoms with Crippen LogP contribution in [0.25, 0.3) is 6.08 Å². The van der Waals surface area contributed by atoms with Crippen molar-refractivity contribution in [1.29, 1.82) is 0 Å². The van der Waals surface area contributed by atoms with Crippen LogP contribution in [-0.2, 0) is 4.79 Å². The Bertz CT molecular complexity index is 1230. The summed E-state index contributed by atoms with van der Waals surface area (Å²) in [5, 5.41) is 0. The molecule has 2 aliphatic rings. The molecule has 0 bridgehead atoms. The van der Waals surface area contributed by atoms with Gasteiger partial charge in [0.05, 0.1) is 12.8 Å². The van der Waals surface area contributed by atoms with Crippen LogP contribution in [0.3, 0.4) is 0 Å². The zero-order valence-electron chi connectivity index (χ0n) is 16.5. The van der Waals surface area contributed by atoms with Crippen LogP contribution in [0, 0.1) is 0 Å². The smallest absolute Gasteiger partial charge is 0.282 e. The topological polar surface area (TPSA) is 60.4 Å². The molecule has 0 unspecified atom stereocenters. The number of amidine groups is 1. The Hall–Kier alpha value is -3.58. The van der Waals surface area contributed by atoms with E-state index in [4.69, 9.17) is 19.2 Å². The summed E-state index contributed by atoms with van der Waals surface area (Å²) in [5.74, 6) is 2.40. The lowest BCUT2D eigenvalue weighted by Gasteiger charge is -2.19. The number of nitrogens with zero attached hydrogens (tertiary/aromatic N) is 2. The third-order valence-electron chi connectivity index (χ3n) is 5.01. The van der Waals surface area contributed by atoms with Gasteiger partial charge in [-0.3, -0.25) is 9.69 Å². The molecular formula is C24H17BrN2O4. The summed E-state index contributed by atoms with van der Waals surface area (Å²) < 4.78 is 16.9. The normalized spacial score (nSPS) is 16.1. The monoisotopic (exact) mass is 476 g/mol. The Labute approximate surface area is 187 Å². The van der Waals surface area contributed by atoms with Gasteiger partial charge in [0.1, 0.15) is 17.3 Å². The lowest BCUT2D eigenvalue weighted by Crippen LogP contribution is -2.32. The van der Waals surface area contributed by atoms with Gasteiger partial charge in [-0.05, 0) is 54.1 Å². The number of fused-ring (bicyclic) bond motifs is 1. The van der Waals surface area contributed by atoms with Crippen molar-refractivity contribution >= 4 is 39.4 Å². The number of halogens is 1. The fraction of sp³-hybridized carbons (Fsp3) is 0.0833. The third kappa shape index (κ3) is 3.57. The Balaban J connectivity index is 1.60. The van der Waals surface area contributed by atoms with Crippen molar-refractivity contribution in [3.63, 3.8) is 0 Å². The number of anilines is 1. The lowest BCUT2D eigenvalue weighted by molar-refractivity contribution is -0.113. The molecule has 0 saturated heterocycles. The lowest BCUT2D eigenvalue weighted by atomic mass is 10.1. The van der Waals surface area contributed by atoms with E-state index in [-0.39, 0.29) is 12.7 Å². The average molecular weight is 477 g/mol. The maximum atomic E-state index is 13.4. The first kappa shape index (κ1) is 19.4. The van der Waals surface area contributed by atoms with E-state index in [9.17, 15) is 4.79 Å². The van der Waals surface area contributed by atoms with E-state index >= 15 is 0 Å². The van der Waals surface area contributed by atoms with Gasteiger partial charge in [0.15, 0.2) is 11.5 Å². The van der Waals surface area contributed by atoms with Crippen LogP contribution >= 0.6 is 15.9 Å². The van der Waals surface area contributed by atoms with E-state index in [1.807, 2.05) is 66.7 Å². The second kappa shape index (κ2) is 7.92. The highest BCUT2D eigenvalue weighted by Gasteiger charge is 2.33. The highest BCUT2D eigenvalue weighted by atomic mass is 79.9. The molecule has 5 rings (SSSR count). The summed E-state index contributed by atoms with van der Waals surface area (Å²) in [6.07, 6.45) is 1.75. The number of rotatable bonds is 4. The predicted molar refractivity (Wildman–Crippen MR) is 122 cm³/mol. The van der Waals surface area contributed by atoms with Crippen molar-refractivity contribution in [2.45, 2.75) is 0 Å². The highest BCUT2D eigenvalue weighted by molar-refractivity contribution is 9.10. The van der Waals surface area contributed by atoms with E-state index in [1.165, 1.54) is 0 Å². The molecule has 3 aromatic carbocycles. The number of benzene rings is 3. The molecule has 31 heavy (non-hydrogen) atoms. The number of aliphatic imine (C=N–C) groups is 1. The fourth-order valence-corrected chi connectivity index (χ4v) is 3.93. The van der Waals surface area contributed by atoms with Crippen molar-refractivity contribution in [1.82, 2.24) is 0 Å². The summed E-state index contributed by atoms with van der Waals surface area (Å²) in [4.78, 5) is 19.8. The molecule has 0 radical (unpaired) electrons. The van der Waals surface area contributed by atoms with Gasteiger partial charge in [-0.1, -0.05) is 40.2 Å². The van der Waals surface area contributed by atoms with Gasteiger partial charge >= 0.3 is 0 Å². The SMILES string of the molecule is COc1ccc(N2C(=O)/C(=C\c3ccc4c(c3)OCO4)N=C2c2ccccc2Br)cc1. The zero-order chi connectivity index (χ0) is 21.4. The molecule has 3 aromatic rings. The molecule has 0 fully saturated rings. The number of amides is 1. The van der Waals surface area contributed by atoms with Gasteiger partial charge in [0.25, 0.3) is 5.91 Å². The van der Waals surface area contributed by atoms with E-state index in [0.717, 1.165) is 15.6 Å². The number of carbonyl (C=O) groups is 1. The molecular weight excluding hydrogens is 460 g/mol. The Morgan fingerprint density at radius 3 is 2.58 bits per heavy atom. The zero-order valence-corrected chi connectivity index (χ0v) is 18.1. The van der Waals surface area contributed by atoms with Crippen LogP contribution in [-0.4, -0.2) is 25.6 Å². The van der Waals surface area contributed by atoms with Crippen LogP contribution in [0.4, 0.5) is 5.69 Å². The minimum Gasteiger partial charge on any atom is -0.497 e. The average Bonchev–Trinajstić information content (AvgIpc) is 3.38. The van der Waals surface area contributed by atoms with Gasteiger partial charge in [0.2, 0.25) is 6.79 Å². The highest BCUT2D eigenvalue weighted by Crippen LogP contribution is 2.35. The predicted octanol–water partition coefficient (Wildman–Crippen LogP) is 5.02. The van der Waals surface area contributed by atoms with E-state index in [0.29, 0.717) is 34.5 Å². The molecule has 6 nitrogen and oxygen atoms in total.